The molecule has 0 bridgehead atoms. The molecule has 0 aromatic carbocycles. The summed E-state index contributed by atoms with van der Waals surface area (Å²) in [6.45, 7) is 2.50. The van der Waals surface area contributed by atoms with Crippen LogP contribution in [-0.4, -0.2) is 41.4 Å². The van der Waals surface area contributed by atoms with Crippen molar-refractivity contribution in [2.24, 2.45) is 0 Å². The van der Waals surface area contributed by atoms with Gasteiger partial charge in [0.05, 0.1) is 6.42 Å². The molecule has 0 aliphatic carbocycles. The summed E-state index contributed by atoms with van der Waals surface area (Å²) in [6.07, 6.45) is -0.745. The van der Waals surface area contributed by atoms with E-state index in [0.29, 0.717) is 0 Å². The normalized spacial score (nSPS) is 28.2. The van der Waals surface area contributed by atoms with Crippen molar-refractivity contribution in [1.29, 1.82) is 0 Å². The van der Waals surface area contributed by atoms with Crippen molar-refractivity contribution >= 4 is 27.7 Å². The van der Waals surface area contributed by atoms with Gasteiger partial charge in [-0.2, -0.15) is 0 Å². The van der Waals surface area contributed by atoms with Crippen LogP contribution in [0.5, 0.6) is 0 Å². The van der Waals surface area contributed by atoms with E-state index in [9.17, 15) is 22.8 Å². The lowest BCUT2D eigenvalue weighted by molar-refractivity contribution is -0.259. The average Bonchev–Trinajstić information content (AvgIpc) is 2.71. The van der Waals surface area contributed by atoms with Crippen LogP contribution in [-0.2, 0) is 34.0 Å². The van der Waals surface area contributed by atoms with E-state index in [1.807, 2.05) is 0 Å². The van der Waals surface area contributed by atoms with Crippen LogP contribution in [0.1, 0.15) is 26.7 Å². The van der Waals surface area contributed by atoms with Gasteiger partial charge in [0, 0.05) is 6.42 Å². The molecule has 1 aliphatic rings. The fourth-order valence-electron chi connectivity index (χ4n) is 1.45. The Kier molecular flexibility index (Phi) is 3.65. The second-order valence-electron chi connectivity index (χ2n) is 3.92. The smallest absolute Gasteiger partial charge is 0.377 e. The summed E-state index contributed by atoms with van der Waals surface area (Å²) in [6, 6.07) is 0. The number of carboxylic acids is 1. The van der Waals surface area contributed by atoms with Crippen molar-refractivity contribution in [3.8, 4) is 0 Å². The molecular weight excluding hydrogens is 268 g/mol. The standard InChI is InChI=1S/C9H12O8S/c1-3-7(12)16-17-8(13)9(2)5(4-6(10)11)18(9,14)15/h5H,3-4H2,1-2H3,(H,10,11). The molecule has 1 N–H and O–H groups in total. The molecule has 102 valence electrons. The van der Waals surface area contributed by atoms with E-state index in [-0.39, 0.29) is 6.42 Å². The lowest BCUT2D eigenvalue weighted by Crippen LogP contribution is -2.28. The van der Waals surface area contributed by atoms with Crippen molar-refractivity contribution in [3.63, 3.8) is 0 Å². The lowest BCUT2D eigenvalue weighted by atomic mass is 10.1. The Morgan fingerprint density at radius 3 is 2.28 bits per heavy atom. The molecule has 2 unspecified atom stereocenters. The largest absolute Gasteiger partial charge is 0.481 e. The first kappa shape index (κ1) is 14.4. The monoisotopic (exact) mass is 280 g/mol. The molecule has 0 amide bonds. The molecule has 1 fully saturated rings. The molecule has 1 aliphatic heterocycles. The Bertz CT molecular complexity index is 493. The Balaban J connectivity index is 2.74. The van der Waals surface area contributed by atoms with Gasteiger partial charge in [-0.05, 0) is 6.92 Å². The molecule has 0 spiro atoms. The predicted octanol–water partition coefficient (Wildman–Crippen LogP) is -0.572. The highest BCUT2D eigenvalue weighted by Crippen LogP contribution is 2.48. The van der Waals surface area contributed by atoms with Gasteiger partial charge in [-0.15, -0.1) is 0 Å². The van der Waals surface area contributed by atoms with Gasteiger partial charge < -0.3 is 5.11 Å². The lowest BCUT2D eigenvalue weighted by Gasteiger charge is -2.05. The fourth-order valence-corrected chi connectivity index (χ4v) is 3.52. The minimum absolute atomic E-state index is 0.0463. The van der Waals surface area contributed by atoms with Crippen LogP contribution < -0.4 is 0 Å². The Labute approximate surface area is 103 Å². The maximum absolute atomic E-state index is 11.5. The topological polar surface area (TPSA) is 124 Å². The minimum atomic E-state index is -3.89. The number of aliphatic carboxylic acids is 1. The van der Waals surface area contributed by atoms with Gasteiger partial charge in [0.15, 0.2) is 14.6 Å². The van der Waals surface area contributed by atoms with Gasteiger partial charge in [-0.25, -0.2) is 27.8 Å². The van der Waals surface area contributed by atoms with Crippen LogP contribution in [0, 0.1) is 0 Å². The summed E-state index contributed by atoms with van der Waals surface area (Å²) in [7, 11) is -3.89. The van der Waals surface area contributed by atoms with Crippen LogP contribution >= 0.6 is 0 Å². The van der Waals surface area contributed by atoms with Crippen LogP contribution in [0.3, 0.4) is 0 Å². The van der Waals surface area contributed by atoms with E-state index in [0.717, 1.165) is 6.92 Å². The maximum Gasteiger partial charge on any atom is 0.377 e. The number of sulfone groups is 1. The van der Waals surface area contributed by atoms with Crippen molar-refractivity contribution in [3.05, 3.63) is 0 Å². The summed E-state index contributed by atoms with van der Waals surface area (Å²) in [5.41, 5.74) is 0. The van der Waals surface area contributed by atoms with E-state index in [1.165, 1.54) is 6.92 Å². The van der Waals surface area contributed by atoms with Gasteiger partial charge in [0.25, 0.3) is 0 Å². The molecular formula is C9H12O8S. The zero-order valence-corrected chi connectivity index (χ0v) is 10.5. The summed E-state index contributed by atoms with van der Waals surface area (Å²) in [5, 5.41) is 7.17. The molecule has 18 heavy (non-hydrogen) atoms. The van der Waals surface area contributed by atoms with Crippen LogP contribution in [0.25, 0.3) is 0 Å². The van der Waals surface area contributed by atoms with Crippen LogP contribution in [0.4, 0.5) is 0 Å². The molecule has 0 saturated carbocycles. The van der Waals surface area contributed by atoms with Gasteiger partial charge in [0.2, 0.25) is 0 Å². The Hall–Kier alpha value is -1.64. The molecule has 0 aromatic heterocycles. The third kappa shape index (κ3) is 2.17. The van der Waals surface area contributed by atoms with Gasteiger partial charge in [-0.3, -0.25) is 4.79 Å². The molecule has 9 heteroatoms. The Morgan fingerprint density at radius 2 is 1.83 bits per heavy atom. The molecule has 1 heterocycles. The minimum Gasteiger partial charge on any atom is -0.481 e. The highest BCUT2D eigenvalue weighted by atomic mass is 32.2. The van der Waals surface area contributed by atoms with E-state index in [4.69, 9.17) is 5.11 Å². The number of carbonyl (C=O) groups excluding carboxylic acids is 2. The van der Waals surface area contributed by atoms with E-state index < -0.39 is 44.2 Å². The second-order valence-corrected chi connectivity index (χ2v) is 6.43. The van der Waals surface area contributed by atoms with Crippen molar-refractivity contribution in [1.82, 2.24) is 0 Å². The third-order valence-electron chi connectivity index (χ3n) is 2.79. The highest BCUT2D eigenvalue weighted by Gasteiger charge is 2.75. The van der Waals surface area contributed by atoms with Gasteiger partial charge in [-0.1, -0.05) is 6.92 Å². The molecule has 0 aromatic rings. The van der Waals surface area contributed by atoms with Crippen molar-refractivity contribution < 1.29 is 37.7 Å². The summed E-state index contributed by atoms with van der Waals surface area (Å²) < 4.78 is 21.1. The first-order valence-corrected chi connectivity index (χ1v) is 6.59. The SMILES string of the molecule is CCC(=O)OOC(=O)C1(C)C(CC(=O)O)S1(=O)=O. The van der Waals surface area contributed by atoms with Gasteiger partial charge >= 0.3 is 17.9 Å². The third-order valence-corrected chi connectivity index (χ3v) is 5.55. The number of hydrogen-bond donors (Lipinski definition) is 1. The van der Waals surface area contributed by atoms with Gasteiger partial charge in [0.1, 0.15) is 5.25 Å². The predicted molar refractivity (Wildman–Crippen MR) is 55.8 cm³/mol. The zero-order chi connectivity index (χ0) is 14.1. The first-order chi connectivity index (χ1) is 8.17. The maximum atomic E-state index is 11.5. The average molecular weight is 280 g/mol. The fraction of sp³-hybridized carbons (Fsp3) is 0.667. The quantitative estimate of drug-likeness (QED) is 0.412. The molecule has 1 rings (SSSR count). The molecule has 8 nitrogen and oxygen atoms in total. The highest BCUT2D eigenvalue weighted by molar-refractivity contribution is 8.02. The van der Waals surface area contributed by atoms with Crippen molar-refractivity contribution in [2.45, 2.75) is 36.7 Å². The van der Waals surface area contributed by atoms with Crippen molar-refractivity contribution in [2.75, 3.05) is 0 Å². The zero-order valence-electron chi connectivity index (χ0n) is 9.70. The summed E-state index contributed by atoms with van der Waals surface area (Å²) in [5.74, 6) is -3.46. The second kappa shape index (κ2) is 4.56. The van der Waals surface area contributed by atoms with Crippen LogP contribution in [0.15, 0.2) is 0 Å². The van der Waals surface area contributed by atoms with E-state index in [1.54, 1.807) is 0 Å². The first-order valence-electron chi connectivity index (χ1n) is 5.05. The number of hydrogen-bond acceptors (Lipinski definition) is 7. The number of carboxylic acid groups (broad SMARTS) is 1. The van der Waals surface area contributed by atoms with E-state index >= 15 is 0 Å². The molecule has 2 atom stereocenters. The van der Waals surface area contributed by atoms with E-state index in [2.05, 4.69) is 9.78 Å². The summed E-state index contributed by atoms with van der Waals surface area (Å²) in [4.78, 5) is 40.9. The molecule has 1 saturated heterocycles. The number of rotatable bonds is 4. The number of carbonyl (C=O) groups is 3. The summed E-state index contributed by atoms with van der Waals surface area (Å²) >= 11 is 0. The molecule has 0 radical (unpaired) electrons. The Morgan fingerprint density at radius 1 is 1.28 bits per heavy atom. The van der Waals surface area contributed by atoms with Crippen LogP contribution in [0.2, 0.25) is 0 Å².